The Bertz CT molecular complexity index is 775. The van der Waals surface area contributed by atoms with Crippen molar-refractivity contribution >= 4 is 15.8 Å². The largest absolute Gasteiger partial charge is 0.478 e. The van der Waals surface area contributed by atoms with E-state index in [0.717, 1.165) is 6.26 Å². The molecule has 0 aliphatic heterocycles. The standard InChI is InChI=1S/C13H14N2O5S/c1-13(2,21(3,18)19)12-14-10(15-20-12)8-4-6-9(7-5-8)11(16)17/h4-7H,1-3H3,(H,16,17). The summed E-state index contributed by atoms with van der Waals surface area (Å²) >= 11 is 0. The number of carboxylic acid groups (broad SMARTS) is 1. The maximum absolute atomic E-state index is 11.7. The van der Waals surface area contributed by atoms with E-state index in [9.17, 15) is 13.2 Å². The van der Waals surface area contributed by atoms with Crippen molar-refractivity contribution in [1.82, 2.24) is 10.1 Å². The van der Waals surface area contributed by atoms with Crippen molar-refractivity contribution in [2.75, 3.05) is 6.26 Å². The number of aromatic nitrogens is 2. The molecule has 2 aromatic rings. The minimum Gasteiger partial charge on any atom is -0.478 e. The van der Waals surface area contributed by atoms with Crippen LogP contribution in [-0.4, -0.2) is 35.9 Å². The van der Waals surface area contributed by atoms with Gasteiger partial charge in [-0.2, -0.15) is 4.98 Å². The average molecular weight is 310 g/mol. The van der Waals surface area contributed by atoms with Crippen molar-refractivity contribution < 1.29 is 22.8 Å². The summed E-state index contributed by atoms with van der Waals surface area (Å²) in [7, 11) is -3.42. The summed E-state index contributed by atoms with van der Waals surface area (Å²) in [5, 5.41) is 12.6. The van der Waals surface area contributed by atoms with Crippen molar-refractivity contribution in [3.8, 4) is 11.4 Å². The molecule has 0 unspecified atom stereocenters. The molecular formula is C13H14N2O5S. The number of rotatable bonds is 4. The average Bonchev–Trinajstić information content (AvgIpc) is 2.87. The van der Waals surface area contributed by atoms with Gasteiger partial charge in [0, 0.05) is 11.8 Å². The third kappa shape index (κ3) is 2.80. The smallest absolute Gasteiger partial charge is 0.335 e. The predicted octanol–water partition coefficient (Wildman–Crippen LogP) is 1.71. The lowest BCUT2D eigenvalue weighted by molar-refractivity contribution is 0.0697. The van der Waals surface area contributed by atoms with Gasteiger partial charge in [-0.15, -0.1) is 0 Å². The lowest BCUT2D eigenvalue weighted by atomic mass is 10.1. The highest BCUT2D eigenvalue weighted by Gasteiger charge is 2.38. The Morgan fingerprint density at radius 2 is 1.81 bits per heavy atom. The van der Waals surface area contributed by atoms with Gasteiger partial charge in [-0.3, -0.25) is 0 Å². The molecule has 2 rings (SSSR count). The van der Waals surface area contributed by atoms with Crippen molar-refractivity contribution in [2.24, 2.45) is 0 Å². The van der Waals surface area contributed by atoms with Gasteiger partial charge >= 0.3 is 5.97 Å². The molecule has 112 valence electrons. The van der Waals surface area contributed by atoms with Crippen molar-refractivity contribution in [3.05, 3.63) is 35.7 Å². The highest BCUT2D eigenvalue weighted by atomic mass is 32.2. The van der Waals surface area contributed by atoms with Gasteiger partial charge in [0.15, 0.2) is 9.84 Å². The van der Waals surface area contributed by atoms with Crippen LogP contribution in [0.5, 0.6) is 0 Å². The maximum Gasteiger partial charge on any atom is 0.335 e. The molecule has 8 heteroatoms. The number of hydrogen-bond acceptors (Lipinski definition) is 6. The Hall–Kier alpha value is -2.22. The van der Waals surface area contributed by atoms with Crippen molar-refractivity contribution in [1.29, 1.82) is 0 Å². The number of hydrogen-bond donors (Lipinski definition) is 1. The quantitative estimate of drug-likeness (QED) is 0.915. The summed E-state index contributed by atoms with van der Waals surface area (Å²) in [4.78, 5) is 14.9. The van der Waals surface area contributed by atoms with Crippen LogP contribution in [0.3, 0.4) is 0 Å². The first-order valence-electron chi connectivity index (χ1n) is 6.00. The summed E-state index contributed by atoms with van der Waals surface area (Å²) in [5.41, 5.74) is 0.679. The van der Waals surface area contributed by atoms with Gasteiger partial charge in [0.1, 0.15) is 4.75 Å². The molecule has 0 amide bonds. The lowest BCUT2D eigenvalue weighted by Gasteiger charge is -2.16. The molecule has 1 N–H and O–H groups in total. The van der Waals surface area contributed by atoms with Gasteiger partial charge in [0.25, 0.3) is 0 Å². The van der Waals surface area contributed by atoms with Gasteiger partial charge in [-0.25, -0.2) is 13.2 Å². The van der Waals surface area contributed by atoms with E-state index in [1.165, 1.54) is 38.1 Å². The first kappa shape index (κ1) is 15.2. The van der Waals surface area contributed by atoms with Crippen LogP contribution in [0.4, 0.5) is 0 Å². The molecule has 0 atom stereocenters. The van der Waals surface area contributed by atoms with E-state index in [0.29, 0.717) is 5.56 Å². The Kier molecular flexibility index (Phi) is 3.58. The van der Waals surface area contributed by atoms with Gasteiger partial charge in [-0.05, 0) is 26.0 Å². The zero-order valence-corrected chi connectivity index (χ0v) is 12.5. The number of nitrogens with zero attached hydrogens (tertiary/aromatic N) is 2. The second-order valence-corrected chi connectivity index (χ2v) is 7.65. The van der Waals surface area contributed by atoms with E-state index in [1.54, 1.807) is 0 Å². The highest BCUT2D eigenvalue weighted by molar-refractivity contribution is 7.91. The number of benzene rings is 1. The van der Waals surface area contributed by atoms with Crippen LogP contribution in [0.2, 0.25) is 0 Å². The maximum atomic E-state index is 11.7. The van der Waals surface area contributed by atoms with Crippen LogP contribution in [0.15, 0.2) is 28.8 Å². The van der Waals surface area contributed by atoms with Crippen molar-refractivity contribution in [2.45, 2.75) is 18.6 Å². The molecule has 0 saturated carbocycles. The Morgan fingerprint density at radius 1 is 1.24 bits per heavy atom. The van der Waals surface area contributed by atoms with Crippen LogP contribution in [-0.2, 0) is 14.6 Å². The minimum absolute atomic E-state index is 0.0117. The topological polar surface area (TPSA) is 110 Å². The molecule has 7 nitrogen and oxygen atoms in total. The third-order valence-electron chi connectivity index (χ3n) is 3.26. The van der Waals surface area contributed by atoms with Crippen LogP contribution < -0.4 is 0 Å². The SMILES string of the molecule is CC(C)(c1nc(-c2ccc(C(=O)O)cc2)no1)S(C)(=O)=O. The highest BCUT2D eigenvalue weighted by Crippen LogP contribution is 2.29. The number of carboxylic acids is 1. The number of carbonyl (C=O) groups is 1. The van der Waals surface area contributed by atoms with E-state index in [4.69, 9.17) is 9.63 Å². The normalized spacial score (nSPS) is 12.3. The molecule has 0 aliphatic rings. The van der Waals surface area contributed by atoms with E-state index >= 15 is 0 Å². The molecule has 1 aromatic heterocycles. The van der Waals surface area contributed by atoms with E-state index in [2.05, 4.69) is 10.1 Å². The summed E-state index contributed by atoms with van der Waals surface area (Å²) in [6.07, 6.45) is 1.10. The summed E-state index contributed by atoms with van der Waals surface area (Å²) in [6.45, 7) is 2.96. The van der Waals surface area contributed by atoms with Gasteiger partial charge in [0.05, 0.1) is 5.56 Å². The van der Waals surface area contributed by atoms with E-state index in [-0.39, 0.29) is 17.3 Å². The molecule has 0 radical (unpaired) electrons. The predicted molar refractivity (Wildman–Crippen MR) is 74.6 cm³/mol. The molecule has 1 heterocycles. The Labute approximate surface area is 121 Å². The second kappa shape index (κ2) is 4.96. The number of aromatic carboxylic acids is 1. The first-order chi connectivity index (χ1) is 9.63. The molecule has 1 aromatic carbocycles. The summed E-state index contributed by atoms with van der Waals surface area (Å²) in [5.74, 6) is -0.838. The van der Waals surface area contributed by atoms with Gasteiger partial charge < -0.3 is 9.63 Å². The second-order valence-electron chi connectivity index (χ2n) is 5.09. The molecule has 0 bridgehead atoms. The van der Waals surface area contributed by atoms with Crippen LogP contribution >= 0.6 is 0 Å². The van der Waals surface area contributed by atoms with Crippen LogP contribution in [0.1, 0.15) is 30.1 Å². The minimum atomic E-state index is -3.42. The summed E-state index contributed by atoms with van der Waals surface area (Å²) < 4.78 is 27.2. The molecular weight excluding hydrogens is 296 g/mol. The third-order valence-corrected chi connectivity index (χ3v) is 5.29. The molecule has 21 heavy (non-hydrogen) atoms. The number of sulfone groups is 1. The lowest BCUT2D eigenvalue weighted by Crippen LogP contribution is -2.28. The zero-order valence-electron chi connectivity index (χ0n) is 11.7. The molecule has 0 saturated heterocycles. The zero-order chi connectivity index (χ0) is 15.8. The van der Waals surface area contributed by atoms with Gasteiger partial charge in [-0.1, -0.05) is 17.3 Å². The fraction of sp³-hybridized carbons (Fsp3) is 0.308. The molecule has 0 spiro atoms. The molecule has 0 aliphatic carbocycles. The van der Waals surface area contributed by atoms with Gasteiger partial charge in [0.2, 0.25) is 11.7 Å². The fourth-order valence-corrected chi connectivity index (χ4v) is 1.91. The van der Waals surface area contributed by atoms with E-state index < -0.39 is 20.6 Å². The van der Waals surface area contributed by atoms with Crippen LogP contribution in [0, 0.1) is 0 Å². The van der Waals surface area contributed by atoms with Crippen LogP contribution in [0.25, 0.3) is 11.4 Å². The fourth-order valence-electron chi connectivity index (χ4n) is 1.51. The van der Waals surface area contributed by atoms with E-state index in [1.807, 2.05) is 0 Å². The Balaban J connectivity index is 2.38. The monoisotopic (exact) mass is 310 g/mol. The first-order valence-corrected chi connectivity index (χ1v) is 7.89. The Morgan fingerprint density at radius 3 is 2.29 bits per heavy atom. The summed E-state index contributed by atoms with van der Waals surface area (Å²) in [6, 6.07) is 5.89. The molecule has 0 fully saturated rings. The van der Waals surface area contributed by atoms with Crippen molar-refractivity contribution in [3.63, 3.8) is 0 Å².